The van der Waals surface area contributed by atoms with Crippen LogP contribution in [-0.2, 0) is 9.59 Å². The monoisotopic (exact) mass is 453 g/mol. The Bertz CT molecular complexity index is 1300. The topological polar surface area (TPSA) is 71.4 Å². The Kier molecular flexibility index (Phi) is 5.88. The van der Waals surface area contributed by atoms with E-state index < -0.39 is 23.6 Å². The van der Waals surface area contributed by atoms with Gasteiger partial charge in [-0.15, -0.1) is 0 Å². The second-order valence-corrected chi connectivity index (χ2v) is 8.79. The van der Waals surface area contributed by atoms with Crippen molar-refractivity contribution in [3.8, 4) is 0 Å². The van der Waals surface area contributed by atoms with Gasteiger partial charge in [0.2, 0.25) is 0 Å². The van der Waals surface area contributed by atoms with E-state index in [1.165, 1.54) is 18.2 Å². The molecule has 1 aliphatic heterocycles. The first-order chi connectivity index (χ1) is 16.5. The van der Waals surface area contributed by atoms with Crippen molar-refractivity contribution in [3.63, 3.8) is 0 Å². The number of aromatic nitrogens is 1. The first-order valence-corrected chi connectivity index (χ1v) is 11.3. The molecule has 3 atom stereocenters. The largest absolute Gasteiger partial charge is 0.322 e. The van der Waals surface area contributed by atoms with Crippen LogP contribution in [0, 0.1) is 11.7 Å². The third kappa shape index (κ3) is 4.19. The van der Waals surface area contributed by atoms with Gasteiger partial charge < -0.3 is 5.32 Å². The maximum atomic E-state index is 13.7. The highest BCUT2D eigenvalue weighted by Crippen LogP contribution is 2.45. The highest BCUT2D eigenvalue weighted by molar-refractivity contribution is 6.14. The van der Waals surface area contributed by atoms with Gasteiger partial charge in [-0.2, -0.15) is 0 Å². The minimum Gasteiger partial charge on any atom is -0.322 e. The van der Waals surface area contributed by atoms with Gasteiger partial charge in [-0.05, 0) is 54.7 Å². The SMILES string of the molecule is CC1=C(C(=O)Nc2cccc(F)c2)[C@H](c2cccnc2)[C@@H]2C(=O)C[C@H](c3ccccc3)CC2=N1. The molecule has 1 amide bonds. The number of halogens is 1. The molecule has 5 nitrogen and oxygen atoms in total. The number of aliphatic imine (C=N–C) groups is 1. The molecule has 0 unspecified atom stereocenters. The first-order valence-electron chi connectivity index (χ1n) is 11.3. The number of allylic oxidation sites excluding steroid dienone is 1. The molecule has 34 heavy (non-hydrogen) atoms. The molecule has 0 radical (unpaired) electrons. The van der Waals surface area contributed by atoms with Crippen LogP contribution in [0.15, 0.2) is 95.4 Å². The maximum absolute atomic E-state index is 13.7. The number of anilines is 1. The predicted octanol–water partition coefficient (Wildman–Crippen LogP) is 5.43. The quantitative estimate of drug-likeness (QED) is 0.572. The molecule has 2 aliphatic rings. The van der Waals surface area contributed by atoms with Gasteiger partial charge in [0.15, 0.2) is 0 Å². The number of amides is 1. The molecule has 0 spiro atoms. The van der Waals surface area contributed by atoms with Crippen LogP contribution in [0.4, 0.5) is 10.1 Å². The third-order valence-corrected chi connectivity index (χ3v) is 6.60. The molecule has 2 heterocycles. The lowest BCUT2D eigenvalue weighted by atomic mass is 9.66. The molecule has 1 aliphatic carbocycles. The minimum absolute atomic E-state index is 0.0636. The van der Waals surface area contributed by atoms with E-state index >= 15 is 0 Å². The second kappa shape index (κ2) is 9.14. The molecule has 1 aromatic heterocycles. The summed E-state index contributed by atoms with van der Waals surface area (Å²) in [7, 11) is 0. The number of hydrogen-bond acceptors (Lipinski definition) is 4. The lowest BCUT2D eigenvalue weighted by Crippen LogP contribution is -2.41. The van der Waals surface area contributed by atoms with E-state index in [0.717, 1.165) is 16.8 Å². The highest BCUT2D eigenvalue weighted by Gasteiger charge is 2.45. The summed E-state index contributed by atoms with van der Waals surface area (Å²) in [6.07, 6.45) is 4.42. The Morgan fingerprint density at radius 2 is 1.76 bits per heavy atom. The zero-order valence-electron chi connectivity index (χ0n) is 18.7. The number of ketones is 1. The number of carbonyl (C=O) groups excluding carboxylic acids is 2. The smallest absolute Gasteiger partial charge is 0.254 e. The zero-order valence-corrected chi connectivity index (χ0v) is 18.7. The zero-order chi connectivity index (χ0) is 23.7. The van der Waals surface area contributed by atoms with Gasteiger partial charge in [-0.1, -0.05) is 42.5 Å². The summed E-state index contributed by atoms with van der Waals surface area (Å²) in [6.45, 7) is 1.80. The number of benzene rings is 2. The molecular weight excluding hydrogens is 429 g/mol. The number of pyridine rings is 1. The average Bonchev–Trinajstić information content (AvgIpc) is 2.84. The molecule has 5 rings (SSSR count). The Hall–Kier alpha value is -3.93. The van der Waals surface area contributed by atoms with Crippen molar-refractivity contribution < 1.29 is 14.0 Å². The van der Waals surface area contributed by atoms with Crippen molar-refractivity contribution in [2.24, 2.45) is 10.9 Å². The van der Waals surface area contributed by atoms with E-state index in [1.807, 2.05) is 36.4 Å². The molecular formula is C28H24FN3O2. The normalized spacial score (nSPS) is 22.1. The Balaban J connectivity index is 1.56. The van der Waals surface area contributed by atoms with Crippen molar-refractivity contribution in [2.75, 3.05) is 5.32 Å². The van der Waals surface area contributed by atoms with Crippen LogP contribution >= 0.6 is 0 Å². The van der Waals surface area contributed by atoms with Gasteiger partial charge >= 0.3 is 0 Å². The van der Waals surface area contributed by atoms with Crippen LogP contribution < -0.4 is 5.32 Å². The fraction of sp³-hybridized carbons (Fsp3) is 0.214. The number of carbonyl (C=O) groups is 2. The van der Waals surface area contributed by atoms with Crippen molar-refractivity contribution in [1.82, 2.24) is 4.98 Å². The van der Waals surface area contributed by atoms with E-state index in [1.54, 1.807) is 31.5 Å². The summed E-state index contributed by atoms with van der Waals surface area (Å²) < 4.78 is 13.7. The number of hydrogen-bond donors (Lipinski definition) is 1. The summed E-state index contributed by atoms with van der Waals surface area (Å²) in [5, 5.41) is 2.79. The lowest BCUT2D eigenvalue weighted by Gasteiger charge is -2.38. The third-order valence-electron chi connectivity index (χ3n) is 6.60. The second-order valence-electron chi connectivity index (χ2n) is 8.79. The van der Waals surface area contributed by atoms with E-state index in [-0.39, 0.29) is 11.7 Å². The lowest BCUT2D eigenvalue weighted by molar-refractivity contribution is -0.122. The van der Waals surface area contributed by atoms with Crippen molar-refractivity contribution in [1.29, 1.82) is 0 Å². The molecule has 170 valence electrons. The molecule has 1 saturated carbocycles. The average molecular weight is 454 g/mol. The Morgan fingerprint density at radius 3 is 2.50 bits per heavy atom. The standard InChI is InChI=1S/C28H24FN3O2/c1-17-25(28(34)32-22-11-5-10-21(29)15-22)26(19-9-6-12-30-16-19)27-23(31-17)13-20(14-24(27)33)18-7-3-2-4-8-18/h2-12,15-16,20,26-27H,13-14H2,1H3,(H,32,34)/t20-,26+,27+/m1/s1. The van der Waals surface area contributed by atoms with Gasteiger partial charge in [0.1, 0.15) is 11.6 Å². The summed E-state index contributed by atoms with van der Waals surface area (Å²) in [4.78, 5) is 36.0. The summed E-state index contributed by atoms with van der Waals surface area (Å²) in [5.74, 6) is -1.73. The number of nitrogens with zero attached hydrogens (tertiary/aromatic N) is 2. The summed E-state index contributed by atoms with van der Waals surface area (Å²) >= 11 is 0. The first kappa shape index (κ1) is 21.9. The fourth-order valence-electron chi connectivity index (χ4n) is 5.12. The van der Waals surface area contributed by atoms with E-state index in [4.69, 9.17) is 4.99 Å². The van der Waals surface area contributed by atoms with Gasteiger partial charge in [0.25, 0.3) is 5.91 Å². The van der Waals surface area contributed by atoms with Gasteiger partial charge in [-0.3, -0.25) is 19.6 Å². The predicted molar refractivity (Wildman–Crippen MR) is 129 cm³/mol. The van der Waals surface area contributed by atoms with Crippen LogP contribution in [0.1, 0.15) is 42.7 Å². The van der Waals surface area contributed by atoms with Crippen molar-refractivity contribution in [2.45, 2.75) is 31.6 Å². The maximum Gasteiger partial charge on any atom is 0.254 e. The van der Waals surface area contributed by atoms with Crippen LogP contribution in [0.2, 0.25) is 0 Å². The molecule has 1 fully saturated rings. The van der Waals surface area contributed by atoms with E-state index in [2.05, 4.69) is 10.3 Å². The Labute approximate surface area is 197 Å². The molecule has 2 aromatic carbocycles. The van der Waals surface area contributed by atoms with Gasteiger partial charge in [0.05, 0.1) is 5.92 Å². The Morgan fingerprint density at radius 1 is 0.971 bits per heavy atom. The highest BCUT2D eigenvalue weighted by atomic mass is 19.1. The molecule has 3 aromatic rings. The molecule has 0 saturated heterocycles. The van der Waals surface area contributed by atoms with Gasteiger partial charge in [-0.25, -0.2) is 4.39 Å². The van der Waals surface area contributed by atoms with E-state index in [0.29, 0.717) is 29.8 Å². The van der Waals surface area contributed by atoms with Crippen LogP contribution in [-0.4, -0.2) is 22.4 Å². The summed E-state index contributed by atoms with van der Waals surface area (Å²) in [6, 6.07) is 19.4. The van der Waals surface area contributed by atoms with Crippen molar-refractivity contribution in [3.05, 3.63) is 107 Å². The fourth-order valence-corrected chi connectivity index (χ4v) is 5.12. The number of nitrogens with one attached hydrogen (secondary N) is 1. The van der Waals surface area contributed by atoms with Gasteiger partial charge in [0, 0.05) is 47.4 Å². The summed E-state index contributed by atoms with van der Waals surface area (Å²) in [5.41, 5.74) is 4.04. The van der Waals surface area contributed by atoms with E-state index in [9.17, 15) is 14.0 Å². The number of fused-ring (bicyclic) bond motifs is 1. The van der Waals surface area contributed by atoms with Crippen LogP contribution in [0.25, 0.3) is 0 Å². The van der Waals surface area contributed by atoms with Crippen molar-refractivity contribution >= 4 is 23.1 Å². The molecule has 0 bridgehead atoms. The number of rotatable bonds is 4. The number of Topliss-reactive ketones (excluding diaryl/α,β-unsaturated/α-hetero) is 1. The van der Waals surface area contributed by atoms with Crippen LogP contribution in [0.3, 0.4) is 0 Å². The minimum atomic E-state index is -0.527. The van der Waals surface area contributed by atoms with Crippen LogP contribution in [0.5, 0.6) is 0 Å². The molecule has 6 heteroatoms. The molecule has 1 N–H and O–H groups in total.